The summed E-state index contributed by atoms with van der Waals surface area (Å²) in [6.45, 7) is 1.98. The summed E-state index contributed by atoms with van der Waals surface area (Å²) in [5, 5.41) is 0. The number of piperazine rings is 1. The van der Waals surface area contributed by atoms with Crippen LogP contribution in [0.3, 0.4) is 0 Å². The predicted molar refractivity (Wildman–Crippen MR) is 90.8 cm³/mol. The average Bonchev–Trinajstić information content (AvgIpc) is 3.02. The van der Waals surface area contributed by atoms with Crippen LogP contribution in [-0.4, -0.2) is 43.9 Å². The molecule has 8 nitrogen and oxygen atoms in total. The smallest absolute Gasteiger partial charge is 0.408 e. The summed E-state index contributed by atoms with van der Waals surface area (Å²) in [7, 11) is -3.63. The number of H-pyrrole nitrogens is 2. The second kappa shape index (κ2) is 6.01. The second-order valence-electron chi connectivity index (χ2n) is 5.81. The van der Waals surface area contributed by atoms with Gasteiger partial charge in [0.2, 0.25) is 10.0 Å². The molecule has 0 spiro atoms. The van der Waals surface area contributed by atoms with Gasteiger partial charge in [-0.05, 0) is 18.2 Å². The van der Waals surface area contributed by atoms with Crippen molar-refractivity contribution in [2.75, 3.05) is 31.1 Å². The number of benzene rings is 1. The summed E-state index contributed by atoms with van der Waals surface area (Å²) in [6, 6.07) is 10.2. The molecule has 0 saturated carbocycles. The molecular formula is C16H17N4O4S+. The van der Waals surface area contributed by atoms with Crippen LogP contribution in [0.1, 0.15) is 0 Å². The van der Waals surface area contributed by atoms with Crippen molar-refractivity contribution in [3.05, 3.63) is 53.1 Å². The number of anilines is 1. The molecule has 1 aromatic carbocycles. The van der Waals surface area contributed by atoms with E-state index in [9.17, 15) is 13.2 Å². The molecule has 3 aromatic rings. The minimum Gasteiger partial charge on any atom is -0.408 e. The van der Waals surface area contributed by atoms with E-state index in [-0.39, 0.29) is 10.5 Å². The Morgan fingerprint density at radius 3 is 2.60 bits per heavy atom. The van der Waals surface area contributed by atoms with Crippen molar-refractivity contribution in [2.45, 2.75) is 4.90 Å². The molecule has 1 saturated heterocycles. The third-order valence-electron chi connectivity index (χ3n) is 4.30. The Kier molecular flexibility index (Phi) is 3.81. The largest absolute Gasteiger partial charge is 0.417 e. The molecule has 9 heteroatoms. The van der Waals surface area contributed by atoms with Crippen molar-refractivity contribution in [3.63, 3.8) is 0 Å². The molecule has 0 aliphatic carbocycles. The Hall–Kier alpha value is -2.65. The van der Waals surface area contributed by atoms with E-state index in [4.69, 9.17) is 4.42 Å². The van der Waals surface area contributed by atoms with Gasteiger partial charge in [0.15, 0.2) is 5.58 Å². The number of pyridine rings is 1. The van der Waals surface area contributed by atoms with Crippen molar-refractivity contribution in [2.24, 2.45) is 0 Å². The average molecular weight is 361 g/mol. The van der Waals surface area contributed by atoms with Gasteiger partial charge in [-0.2, -0.15) is 4.31 Å². The van der Waals surface area contributed by atoms with Crippen molar-refractivity contribution >= 4 is 26.9 Å². The van der Waals surface area contributed by atoms with Crippen LogP contribution in [-0.2, 0) is 10.0 Å². The van der Waals surface area contributed by atoms with Crippen LogP contribution in [0.4, 0.5) is 5.82 Å². The first kappa shape index (κ1) is 15.9. The molecule has 4 rings (SSSR count). The third-order valence-corrected chi connectivity index (χ3v) is 6.20. The molecule has 0 atom stereocenters. The van der Waals surface area contributed by atoms with Gasteiger partial charge in [-0.3, -0.25) is 9.88 Å². The summed E-state index contributed by atoms with van der Waals surface area (Å²) in [4.78, 5) is 19.1. The Balaban J connectivity index is 1.55. The van der Waals surface area contributed by atoms with Crippen molar-refractivity contribution in [1.29, 1.82) is 0 Å². The minimum atomic E-state index is -3.63. The zero-order valence-corrected chi connectivity index (χ0v) is 14.1. The number of aromatic nitrogens is 2. The molecule has 130 valence electrons. The molecule has 3 heterocycles. The standard InChI is InChI=1S/C16H16N4O4S/c21-16-18-13-5-4-12(11-14(13)24-16)25(22,23)20-9-7-19(8-10-20)15-3-1-2-6-17-15/h1-6,11H,7-10H2,(H,18,21)/p+1. The highest BCUT2D eigenvalue weighted by molar-refractivity contribution is 7.89. The highest BCUT2D eigenvalue weighted by Crippen LogP contribution is 2.22. The Morgan fingerprint density at radius 1 is 1.08 bits per heavy atom. The van der Waals surface area contributed by atoms with E-state index < -0.39 is 15.8 Å². The Bertz CT molecular complexity index is 1050. The van der Waals surface area contributed by atoms with Gasteiger partial charge in [-0.15, -0.1) is 0 Å². The first-order chi connectivity index (χ1) is 12.0. The van der Waals surface area contributed by atoms with Crippen molar-refractivity contribution in [3.8, 4) is 0 Å². The van der Waals surface area contributed by atoms with Crippen LogP contribution < -0.4 is 15.6 Å². The predicted octanol–water partition coefficient (Wildman–Crippen LogP) is 0.446. The van der Waals surface area contributed by atoms with Gasteiger partial charge in [-0.25, -0.2) is 18.2 Å². The van der Waals surface area contributed by atoms with Crippen LogP contribution in [0.25, 0.3) is 11.1 Å². The molecule has 25 heavy (non-hydrogen) atoms. The normalized spacial score (nSPS) is 16.4. The fourth-order valence-corrected chi connectivity index (χ4v) is 4.42. The first-order valence-electron chi connectivity index (χ1n) is 7.89. The van der Waals surface area contributed by atoms with Crippen LogP contribution >= 0.6 is 0 Å². The number of hydrogen-bond acceptors (Lipinski definition) is 5. The molecule has 1 aliphatic heterocycles. The zero-order chi connectivity index (χ0) is 17.4. The second-order valence-corrected chi connectivity index (χ2v) is 7.75. The molecule has 0 radical (unpaired) electrons. The Morgan fingerprint density at radius 2 is 1.88 bits per heavy atom. The zero-order valence-electron chi connectivity index (χ0n) is 13.3. The third kappa shape index (κ3) is 2.92. The highest BCUT2D eigenvalue weighted by Gasteiger charge is 2.32. The van der Waals surface area contributed by atoms with E-state index in [1.54, 1.807) is 6.07 Å². The van der Waals surface area contributed by atoms with Gasteiger partial charge in [0.1, 0.15) is 0 Å². The van der Waals surface area contributed by atoms with Gasteiger partial charge >= 0.3 is 5.76 Å². The van der Waals surface area contributed by atoms with Gasteiger partial charge in [0, 0.05) is 12.1 Å². The van der Waals surface area contributed by atoms with Crippen molar-refractivity contribution < 1.29 is 17.8 Å². The maximum atomic E-state index is 12.9. The number of rotatable bonds is 3. The molecule has 2 aromatic heterocycles. The SMILES string of the molecule is O=c1[nH]c2ccc(S(=O)(=O)N3CCN(c4cccc[nH+]4)CC3)cc2o1. The molecule has 0 amide bonds. The quantitative estimate of drug-likeness (QED) is 0.730. The fourth-order valence-electron chi connectivity index (χ4n) is 2.99. The number of sulfonamides is 1. The molecule has 1 fully saturated rings. The minimum absolute atomic E-state index is 0.127. The molecule has 0 bridgehead atoms. The molecular weight excluding hydrogens is 344 g/mol. The van der Waals surface area contributed by atoms with E-state index in [2.05, 4.69) is 14.9 Å². The lowest BCUT2D eigenvalue weighted by atomic mass is 10.3. The number of fused-ring (bicyclic) bond motifs is 1. The van der Waals surface area contributed by atoms with Gasteiger partial charge in [0.05, 0.1) is 42.8 Å². The van der Waals surface area contributed by atoms with E-state index in [0.717, 1.165) is 5.82 Å². The lowest BCUT2D eigenvalue weighted by molar-refractivity contribution is -0.364. The monoisotopic (exact) mass is 361 g/mol. The summed E-state index contributed by atoms with van der Waals surface area (Å²) in [5.41, 5.74) is 0.719. The van der Waals surface area contributed by atoms with Crippen LogP contribution in [0, 0.1) is 0 Å². The molecule has 1 aliphatic rings. The number of oxazole rings is 1. The van der Waals surface area contributed by atoms with Gasteiger partial charge in [0.25, 0.3) is 5.82 Å². The number of nitrogens with one attached hydrogen (secondary N) is 2. The van der Waals surface area contributed by atoms with E-state index in [1.807, 2.05) is 24.4 Å². The van der Waals surface area contributed by atoms with Gasteiger partial charge < -0.3 is 4.42 Å². The molecule has 0 unspecified atom stereocenters. The maximum absolute atomic E-state index is 12.9. The Labute approximate surface area is 143 Å². The lowest BCUT2D eigenvalue weighted by Crippen LogP contribution is -2.49. The maximum Gasteiger partial charge on any atom is 0.417 e. The van der Waals surface area contributed by atoms with Crippen LogP contribution in [0.2, 0.25) is 0 Å². The van der Waals surface area contributed by atoms with Crippen LogP contribution in [0.5, 0.6) is 0 Å². The first-order valence-corrected chi connectivity index (χ1v) is 9.33. The fraction of sp³-hybridized carbons (Fsp3) is 0.250. The molecule has 2 N–H and O–H groups in total. The van der Waals surface area contributed by atoms with E-state index >= 15 is 0 Å². The lowest BCUT2D eigenvalue weighted by Gasteiger charge is -2.30. The number of aromatic amines is 2. The highest BCUT2D eigenvalue weighted by atomic mass is 32.2. The van der Waals surface area contributed by atoms with E-state index in [0.29, 0.717) is 31.7 Å². The summed E-state index contributed by atoms with van der Waals surface area (Å²) < 4.78 is 32.1. The van der Waals surface area contributed by atoms with Crippen LogP contribution in [0.15, 0.2) is 56.7 Å². The number of hydrogen-bond donors (Lipinski definition) is 1. The van der Waals surface area contributed by atoms with E-state index in [1.165, 1.54) is 16.4 Å². The summed E-state index contributed by atoms with van der Waals surface area (Å²) in [6.07, 6.45) is 1.85. The summed E-state index contributed by atoms with van der Waals surface area (Å²) in [5.74, 6) is 0.368. The van der Waals surface area contributed by atoms with Gasteiger partial charge in [-0.1, -0.05) is 6.07 Å². The van der Waals surface area contributed by atoms with Crippen molar-refractivity contribution in [1.82, 2.24) is 9.29 Å². The number of nitrogens with zero attached hydrogens (tertiary/aromatic N) is 2. The summed E-state index contributed by atoms with van der Waals surface area (Å²) >= 11 is 0. The topological polar surface area (TPSA) is 101 Å².